The van der Waals surface area contributed by atoms with Crippen LogP contribution in [0.5, 0.6) is 0 Å². The van der Waals surface area contributed by atoms with E-state index in [-0.39, 0.29) is 11.9 Å². The van der Waals surface area contributed by atoms with E-state index in [1.54, 1.807) is 22.6 Å². The Labute approximate surface area is 175 Å². The normalized spacial score (nSPS) is 25.8. The molecule has 0 saturated carbocycles. The molecule has 5 rings (SSSR count). The van der Waals surface area contributed by atoms with Gasteiger partial charge in [-0.1, -0.05) is 6.07 Å². The van der Waals surface area contributed by atoms with Crippen molar-refractivity contribution in [2.75, 3.05) is 32.7 Å². The van der Waals surface area contributed by atoms with Crippen LogP contribution in [0.1, 0.15) is 48.8 Å². The van der Waals surface area contributed by atoms with Crippen molar-refractivity contribution in [3.05, 3.63) is 46.5 Å². The molecule has 5 heterocycles. The third kappa shape index (κ3) is 4.04. The Balaban J connectivity index is 1.31. The molecule has 2 saturated heterocycles. The SMILES string of the molecule is O=C(CN1CCCC1CN1CCCC1)N1N=C(c2ccco2)CC1c1cccs1. The number of amides is 1. The van der Waals surface area contributed by atoms with E-state index < -0.39 is 0 Å². The van der Waals surface area contributed by atoms with Gasteiger partial charge in [0.1, 0.15) is 11.5 Å². The Kier molecular flexibility index (Phi) is 5.52. The molecule has 0 aromatic carbocycles. The number of hydrazone groups is 1. The molecule has 2 aromatic heterocycles. The minimum absolute atomic E-state index is 0.0257. The zero-order valence-corrected chi connectivity index (χ0v) is 17.5. The number of carbonyl (C=O) groups is 1. The second-order valence-corrected chi connectivity index (χ2v) is 9.25. The largest absolute Gasteiger partial charge is 0.463 e. The fraction of sp³-hybridized carbons (Fsp3) is 0.545. The van der Waals surface area contributed by atoms with Gasteiger partial charge in [-0.3, -0.25) is 9.69 Å². The highest BCUT2D eigenvalue weighted by atomic mass is 32.1. The fourth-order valence-electron chi connectivity index (χ4n) is 4.85. The van der Waals surface area contributed by atoms with Crippen LogP contribution in [0.4, 0.5) is 0 Å². The average Bonchev–Trinajstić information content (AvgIpc) is 3.53. The van der Waals surface area contributed by atoms with Crippen LogP contribution in [-0.4, -0.2) is 65.2 Å². The lowest BCUT2D eigenvalue weighted by Crippen LogP contribution is -2.44. The molecule has 154 valence electrons. The molecule has 6 nitrogen and oxygen atoms in total. The summed E-state index contributed by atoms with van der Waals surface area (Å²) in [6, 6.07) is 8.40. The highest BCUT2D eigenvalue weighted by Gasteiger charge is 2.37. The summed E-state index contributed by atoms with van der Waals surface area (Å²) in [7, 11) is 0. The molecule has 3 aliphatic heterocycles. The van der Waals surface area contributed by atoms with E-state index in [0.717, 1.165) is 24.6 Å². The lowest BCUT2D eigenvalue weighted by atomic mass is 10.1. The van der Waals surface area contributed by atoms with Crippen molar-refractivity contribution >= 4 is 23.0 Å². The summed E-state index contributed by atoms with van der Waals surface area (Å²) in [5, 5.41) is 8.50. The Morgan fingerprint density at radius 2 is 2.07 bits per heavy atom. The van der Waals surface area contributed by atoms with Crippen molar-refractivity contribution < 1.29 is 9.21 Å². The minimum Gasteiger partial charge on any atom is -0.463 e. The second-order valence-electron chi connectivity index (χ2n) is 8.27. The van der Waals surface area contributed by atoms with Crippen molar-refractivity contribution in [2.24, 2.45) is 5.10 Å². The molecule has 0 bridgehead atoms. The summed E-state index contributed by atoms with van der Waals surface area (Å²) in [4.78, 5) is 19.5. The van der Waals surface area contributed by atoms with E-state index in [1.165, 1.54) is 43.6 Å². The number of nitrogens with zero attached hydrogens (tertiary/aromatic N) is 4. The van der Waals surface area contributed by atoms with Crippen molar-refractivity contribution in [3.8, 4) is 0 Å². The lowest BCUT2D eigenvalue weighted by Gasteiger charge is -2.29. The molecule has 2 aromatic rings. The van der Waals surface area contributed by atoms with Gasteiger partial charge < -0.3 is 9.32 Å². The van der Waals surface area contributed by atoms with Crippen LogP contribution >= 0.6 is 11.3 Å². The van der Waals surface area contributed by atoms with Crippen LogP contribution in [0.15, 0.2) is 45.4 Å². The second kappa shape index (κ2) is 8.42. The number of hydrogen-bond acceptors (Lipinski definition) is 6. The van der Waals surface area contributed by atoms with Gasteiger partial charge >= 0.3 is 0 Å². The Morgan fingerprint density at radius 1 is 1.17 bits per heavy atom. The number of hydrogen-bond donors (Lipinski definition) is 0. The van der Waals surface area contributed by atoms with Gasteiger partial charge in [0, 0.05) is 23.9 Å². The van der Waals surface area contributed by atoms with E-state index in [4.69, 9.17) is 9.52 Å². The van der Waals surface area contributed by atoms with Gasteiger partial charge in [-0.25, -0.2) is 5.01 Å². The molecule has 0 N–H and O–H groups in total. The van der Waals surface area contributed by atoms with Gasteiger partial charge in [-0.2, -0.15) is 5.10 Å². The number of thiophene rings is 1. The van der Waals surface area contributed by atoms with E-state index in [1.807, 2.05) is 18.2 Å². The maximum Gasteiger partial charge on any atom is 0.257 e. The monoisotopic (exact) mass is 412 g/mol. The first-order valence-corrected chi connectivity index (χ1v) is 11.6. The smallest absolute Gasteiger partial charge is 0.257 e. The third-order valence-corrected chi connectivity index (χ3v) is 7.32. The van der Waals surface area contributed by atoms with Gasteiger partial charge in [0.15, 0.2) is 0 Å². The zero-order valence-electron chi connectivity index (χ0n) is 16.7. The Morgan fingerprint density at radius 3 is 2.83 bits per heavy atom. The van der Waals surface area contributed by atoms with Gasteiger partial charge in [0.25, 0.3) is 5.91 Å². The molecular formula is C22H28N4O2S. The topological polar surface area (TPSA) is 52.3 Å². The van der Waals surface area contributed by atoms with Crippen LogP contribution in [-0.2, 0) is 4.79 Å². The summed E-state index contributed by atoms with van der Waals surface area (Å²) < 4.78 is 5.55. The molecular weight excluding hydrogens is 384 g/mol. The Hall–Kier alpha value is -1.96. The Bertz CT molecular complexity index is 842. The van der Waals surface area contributed by atoms with Crippen molar-refractivity contribution in [2.45, 2.75) is 44.2 Å². The van der Waals surface area contributed by atoms with E-state index in [0.29, 0.717) is 19.0 Å². The summed E-state index contributed by atoms with van der Waals surface area (Å²) in [6.45, 7) is 4.98. The molecule has 2 unspecified atom stereocenters. The van der Waals surface area contributed by atoms with E-state index in [2.05, 4.69) is 21.2 Å². The average molecular weight is 413 g/mol. The quantitative estimate of drug-likeness (QED) is 0.728. The van der Waals surface area contributed by atoms with Gasteiger partial charge in [-0.05, 0) is 68.9 Å². The standard InChI is InChI=1S/C22H28N4O2S/c27-22(16-25-11-3-6-17(25)15-24-9-1-2-10-24)26-19(21-8-5-13-29-21)14-18(23-26)20-7-4-12-28-20/h4-5,7-8,12-13,17,19H,1-3,6,9-11,14-16H2. The maximum atomic E-state index is 13.3. The van der Waals surface area contributed by atoms with Crippen molar-refractivity contribution in [1.29, 1.82) is 0 Å². The summed E-state index contributed by atoms with van der Waals surface area (Å²) in [5.74, 6) is 0.855. The van der Waals surface area contributed by atoms with Crippen LogP contribution in [0, 0.1) is 0 Å². The van der Waals surface area contributed by atoms with E-state index >= 15 is 0 Å². The predicted octanol–water partition coefficient (Wildman–Crippen LogP) is 3.58. The van der Waals surface area contributed by atoms with E-state index in [9.17, 15) is 4.79 Å². The number of likely N-dealkylation sites (tertiary alicyclic amines) is 2. The van der Waals surface area contributed by atoms with Crippen LogP contribution < -0.4 is 0 Å². The third-order valence-electron chi connectivity index (χ3n) is 6.35. The first-order valence-electron chi connectivity index (χ1n) is 10.7. The highest BCUT2D eigenvalue weighted by molar-refractivity contribution is 7.10. The molecule has 1 amide bonds. The fourth-order valence-corrected chi connectivity index (χ4v) is 5.67. The molecule has 2 atom stereocenters. The molecule has 2 fully saturated rings. The van der Waals surface area contributed by atoms with Crippen LogP contribution in [0.3, 0.4) is 0 Å². The zero-order chi connectivity index (χ0) is 19.6. The number of rotatable bonds is 6. The number of carbonyl (C=O) groups excluding carboxylic acids is 1. The highest BCUT2D eigenvalue weighted by Crippen LogP contribution is 2.35. The van der Waals surface area contributed by atoms with Gasteiger partial charge in [0.05, 0.1) is 18.8 Å². The van der Waals surface area contributed by atoms with Gasteiger partial charge in [0.2, 0.25) is 0 Å². The summed E-state index contributed by atoms with van der Waals surface area (Å²) in [6.07, 6.45) is 7.37. The lowest BCUT2D eigenvalue weighted by molar-refractivity contribution is -0.134. The van der Waals surface area contributed by atoms with Gasteiger partial charge in [-0.15, -0.1) is 11.3 Å². The summed E-state index contributed by atoms with van der Waals surface area (Å²) in [5.41, 5.74) is 0.858. The molecule has 0 spiro atoms. The maximum absolute atomic E-state index is 13.3. The molecule has 29 heavy (non-hydrogen) atoms. The molecule has 0 radical (unpaired) electrons. The first-order chi connectivity index (χ1) is 14.3. The predicted molar refractivity (Wildman–Crippen MR) is 114 cm³/mol. The van der Waals surface area contributed by atoms with Crippen molar-refractivity contribution in [1.82, 2.24) is 14.8 Å². The van der Waals surface area contributed by atoms with Crippen LogP contribution in [0.25, 0.3) is 0 Å². The first kappa shape index (κ1) is 19.0. The number of furan rings is 1. The van der Waals surface area contributed by atoms with Crippen molar-refractivity contribution in [3.63, 3.8) is 0 Å². The molecule has 0 aliphatic carbocycles. The minimum atomic E-state index is -0.0257. The molecule has 7 heteroatoms. The van der Waals surface area contributed by atoms with Crippen LogP contribution in [0.2, 0.25) is 0 Å². The summed E-state index contributed by atoms with van der Waals surface area (Å²) >= 11 is 1.69. The molecule has 3 aliphatic rings.